The van der Waals surface area contributed by atoms with Gasteiger partial charge in [-0.25, -0.2) is 0 Å². The van der Waals surface area contributed by atoms with E-state index in [4.69, 9.17) is 10.5 Å². The summed E-state index contributed by atoms with van der Waals surface area (Å²) in [5.74, 6) is 0. The van der Waals surface area contributed by atoms with Gasteiger partial charge in [0.1, 0.15) is 0 Å². The van der Waals surface area contributed by atoms with Crippen molar-refractivity contribution in [3.63, 3.8) is 0 Å². The highest BCUT2D eigenvalue weighted by Gasteiger charge is 2.23. The molecule has 0 amide bonds. The molecule has 2 N–H and O–H groups in total. The normalized spacial score (nSPS) is 18.0. The van der Waals surface area contributed by atoms with E-state index >= 15 is 0 Å². The van der Waals surface area contributed by atoms with Crippen LogP contribution in [0.5, 0.6) is 0 Å². The van der Waals surface area contributed by atoms with Crippen molar-refractivity contribution in [1.82, 2.24) is 9.47 Å². The van der Waals surface area contributed by atoms with Gasteiger partial charge >= 0.3 is 0 Å². The van der Waals surface area contributed by atoms with Crippen LogP contribution in [0.15, 0.2) is 35.1 Å². The minimum atomic E-state index is -0.105. The van der Waals surface area contributed by atoms with Crippen LogP contribution in [-0.4, -0.2) is 35.8 Å². The third-order valence-electron chi connectivity index (χ3n) is 4.10. The maximum Gasteiger partial charge on any atom is 0.275 e. The van der Waals surface area contributed by atoms with E-state index in [0.717, 1.165) is 30.4 Å². The Hall–Kier alpha value is -1.85. The van der Waals surface area contributed by atoms with Gasteiger partial charge in [-0.3, -0.25) is 14.3 Å². The molecule has 0 bridgehead atoms. The summed E-state index contributed by atoms with van der Waals surface area (Å²) in [4.78, 5) is 14.9. The summed E-state index contributed by atoms with van der Waals surface area (Å²) in [5.41, 5.74) is 7.07. The van der Waals surface area contributed by atoms with Gasteiger partial charge in [-0.15, -0.1) is 0 Å². The van der Waals surface area contributed by atoms with Crippen LogP contribution in [0.1, 0.15) is 19.5 Å². The summed E-state index contributed by atoms with van der Waals surface area (Å²) in [6.45, 7) is 5.21. The van der Waals surface area contributed by atoms with Gasteiger partial charge in [0, 0.05) is 18.5 Å². The average Bonchev–Trinajstić information content (AvgIpc) is 2.53. The third-order valence-corrected chi connectivity index (χ3v) is 4.10. The SMILES string of the molecule is CCC(N1CCOCC1)n1c(=O)c(N)cc2ccccc21. The number of nitrogen functional groups attached to an aromatic ring is 1. The van der Waals surface area contributed by atoms with Crippen molar-refractivity contribution in [3.05, 3.63) is 40.7 Å². The summed E-state index contributed by atoms with van der Waals surface area (Å²) in [5, 5.41) is 1.00. The Labute approximate surface area is 123 Å². The van der Waals surface area contributed by atoms with Crippen molar-refractivity contribution in [2.45, 2.75) is 19.5 Å². The predicted molar refractivity (Wildman–Crippen MR) is 84.3 cm³/mol. The monoisotopic (exact) mass is 287 g/mol. The number of morpholine rings is 1. The Bertz CT molecular complexity index is 689. The van der Waals surface area contributed by atoms with Crippen LogP contribution in [0.3, 0.4) is 0 Å². The number of nitrogens with two attached hydrogens (primary N) is 1. The highest BCUT2D eigenvalue weighted by atomic mass is 16.5. The van der Waals surface area contributed by atoms with Crippen LogP contribution >= 0.6 is 0 Å². The smallest absolute Gasteiger partial charge is 0.275 e. The number of hydrogen-bond acceptors (Lipinski definition) is 4. The van der Waals surface area contributed by atoms with E-state index < -0.39 is 0 Å². The lowest BCUT2D eigenvalue weighted by Crippen LogP contribution is -2.44. The molecule has 5 heteroatoms. The number of benzene rings is 1. The molecule has 5 nitrogen and oxygen atoms in total. The molecule has 2 aromatic rings. The van der Waals surface area contributed by atoms with Crippen LogP contribution in [0.4, 0.5) is 5.69 Å². The Morgan fingerprint density at radius 3 is 2.71 bits per heavy atom. The zero-order chi connectivity index (χ0) is 14.8. The zero-order valence-corrected chi connectivity index (χ0v) is 12.3. The molecule has 0 aliphatic carbocycles. The highest BCUT2D eigenvalue weighted by Crippen LogP contribution is 2.23. The van der Waals surface area contributed by atoms with E-state index in [1.54, 1.807) is 6.07 Å². The lowest BCUT2D eigenvalue weighted by atomic mass is 10.1. The summed E-state index contributed by atoms with van der Waals surface area (Å²) in [7, 11) is 0. The molecule has 1 aliphatic rings. The minimum Gasteiger partial charge on any atom is -0.394 e. The Balaban J connectivity index is 2.16. The number of hydrogen-bond donors (Lipinski definition) is 1. The topological polar surface area (TPSA) is 60.5 Å². The highest BCUT2D eigenvalue weighted by molar-refractivity contribution is 5.81. The molecular formula is C16H21N3O2. The molecule has 1 saturated heterocycles. The fourth-order valence-electron chi connectivity index (χ4n) is 3.08. The van der Waals surface area contributed by atoms with E-state index in [1.807, 2.05) is 28.8 Å². The average molecular weight is 287 g/mol. The predicted octanol–water partition coefficient (Wildman–Crippen LogP) is 1.82. The largest absolute Gasteiger partial charge is 0.394 e. The molecule has 1 aromatic carbocycles. The quantitative estimate of drug-likeness (QED) is 0.935. The number of ether oxygens (including phenoxy) is 1. The number of fused-ring (bicyclic) bond motifs is 1. The van der Waals surface area contributed by atoms with Gasteiger partial charge in [-0.1, -0.05) is 25.1 Å². The van der Waals surface area contributed by atoms with Crippen molar-refractivity contribution in [2.75, 3.05) is 32.0 Å². The van der Waals surface area contributed by atoms with Crippen LogP contribution in [-0.2, 0) is 4.74 Å². The van der Waals surface area contributed by atoms with Crippen LogP contribution < -0.4 is 11.3 Å². The Morgan fingerprint density at radius 1 is 1.29 bits per heavy atom. The first-order valence-electron chi connectivity index (χ1n) is 7.44. The molecule has 1 fully saturated rings. The summed E-state index contributed by atoms with van der Waals surface area (Å²) >= 11 is 0. The van der Waals surface area contributed by atoms with E-state index in [-0.39, 0.29) is 11.7 Å². The molecule has 0 radical (unpaired) electrons. The lowest BCUT2D eigenvalue weighted by molar-refractivity contribution is -0.00234. The first-order valence-corrected chi connectivity index (χ1v) is 7.44. The van der Waals surface area contributed by atoms with Crippen molar-refractivity contribution in [3.8, 4) is 0 Å². The third kappa shape index (κ3) is 2.54. The summed E-state index contributed by atoms with van der Waals surface area (Å²) in [6.07, 6.45) is 0.877. The van der Waals surface area contributed by atoms with Gasteiger partial charge < -0.3 is 10.5 Å². The van der Waals surface area contributed by atoms with E-state index in [0.29, 0.717) is 18.9 Å². The molecule has 3 rings (SSSR count). The fraction of sp³-hybridized carbons (Fsp3) is 0.438. The number of nitrogens with zero attached hydrogens (tertiary/aromatic N) is 2. The van der Waals surface area contributed by atoms with Crippen LogP contribution in [0.2, 0.25) is 0 Å². The van der Waals surface area contributed by atoms with E-state index in [1.165, 1.54) is 0 Å². The molecule has 2 heterocycles. The van der Waals surface area contributed by atoms with E-state index in [2.05, 4.69) is 11.8 Å². The number of rotatable bonds is 3. The second-order valence-electron chi connectivity index (χ2n) is 5.37. The second kappa shape index (κ2) is 5.87. The van der Waals surface area contributed by atoms with Gasteiger partial charge in [0.05, 0.1) is 30.6 Å². The zero-order valence-electron chi connectivity index (χ0n) is 12.3. The summed E-state index contributed by atoms with van der Waals surface area (Å²) in [6, 6.07) is 9.67. The lowest BCUT2D eigenvalue weighted by Gasteiger charge is -2.35. The molecule has 1 aliphatic heterocycles. The van der Waals surface area contributed by atoms with Crippen molar-refractivity contribution in [2.24, 2.45) is 0 Å². The molecule has 1 aromatic heterocycles. The van der Waals surface area contributed by atoms with Crippen molar-refractivity contribution in [1.29, 1.82) is 0 Å². The van der Waals surface area contributed by atoms with Crippen molar-refractivity contribution >= 4 is 16.6 Å². The Morgan fingerprint density at radius 2 is 2.00 bits per heavy atom. The fourth-order valence-corrected chi connectivity index (χ4v) is 3.08. The van der Waals surface area contributed by atoms with Crippen molar-refractivity contribution < 1.29 is 4.74 Å². The Kier molecular flexibility index (Phi) is 3.94. The standard InChI is InChI=1S/C16H21N3O2/c1-2-15(18-7-9-21-10-8-18)19-14-6-4-3-5-12(14)11-13(17)16(19)20/h3-6,11,15H,2,7-10,17H2,1H3. The molecular weight excluding hydrogens is 266 g/mol. The van der Waals surface area contributed by atoms with Gasteiger partial charge in [0.15, 0.2) is 0 Å². The molecule has 21 heavy (non-hydrogen) atoms. The number of aromatic nitrogens is 1. The van der Waals surface area contributed by atoms with Gasteiger partial charge in [0.2, 0.25) is 0 Å². The number of anilines is 1. The van der Waals surface area contributed by atoms with Crippen LogP contribution in [0, 0.1) is 0 Å². The molecule has 0 saturated carbocycles. The van der Waals surface area contributed by atoms with Gasteiger partial charge in [-0.2, -0.15) is 0 Å². The van der Waals surface area contributed by atoms with Crippen LogP contribution in [0.25, 0.3) is 10.9 Å². The van der Waals surface area contributed by atoms with Gasteiger partial charge in [-0.05, 0) is 18.6 Å². The molecule has 1 unspecified atom stereocenters. The summed E-state index contributed by atoms with van der Waals surface area (Å²) < 4.78 is 7.26. The maximum atomic E-state index is 12.6. The molecule has 112 valence electrons. The molecule has 1 atom stereocenters. The minimum absolute atomic E-state index is 0.0230. The first kappa shape index (κ1) is 14.1. The first-order chi connectivity index (χ1) is 10.2. The number of para-hydroxylation sites is 1. The number of pyridine rings is 1. The second-order valence-corrected chi connectivity index (χ2v) is 5.37. The maximum absolute atomic E-state index is 12.6. The van der Waals surface area contributed by atoms with Gasteiger partial charge in [0.25, 0.3) is 5.56 Å². The molecule has 0 spiro atoms. The van der Waals surface area contributed by atoms with E-state index in [9.17, 15) is 4.79 Å².